The van der Waals surface area contributed by atoms with Gasteiger partial charge in [0, 0.05) is 23.4 Å². The molecular formula is C20H22N2O4S. The predicted octanol–water partition coefficient (Wildman–Crippen LogP) is 2.72. The standard InChI is InChI=1S/C20H22N2O4S/c23-18(21-11-14-5-6-15-16(10-14)26-13-25-15)19(24)22-12-20(7-1-2-8-20)17-4-3-9-27-17/h3-6,9-10H,1-2,7-8,11-13H2,(H,21,23)(H,22,24). The van der Waals surface area contributed by atoms with E-state index in [2.05, 4.69) is 22.1 Å². The van der Waals surface area contributed by atoms with Crippen LogP contribution in [-0.4, -0.2) is 25.2 Å². The van der Waals surface area contributed by atoms with Crippen molar-refractivity contribution in [2.45, 2.75) is 37.6 Å². The van der Waals surface area contributed by atoms with Crippen molar-refractivity contribution in [2.24, 2.45) is 0 Å². The maximum absolute atomic E-state index is 12.3. The normalized spacial score (nSPS) is 16.9. The summed E-state index contributed by atoms with van der Waals surface area (Å²) in [6.07, 6.45) is 4.41. The van der Waals surface area contributed by atoms with Crippen molar-refractivity contribution in [1.29, 1.82) is 0 Å². The molecule has 0 unspecified atom stereocenters. The van der Waals surface area contributed by atoms with E-state index in [0.29, 0.717) is 18.0 Å². The fourth-order valence-electron chi connectivity index (χ4n) is 3.79. The van der Waals surface area contributed by atoms with Gasteiger partial charge in [-0.2, -0.15) is 0 Å². The van der Waals surface area contributed by atoms with Crippen molar-refractivity contribution in [3.8, 4) is 11.5 Å². The highest BCUT2D eigenvalue weighted by atomic mass is 32.1. The average molecular weight is 386 g/mol. The second-order valence-corrected chi connectivity index (χ2v) is 7.97. The molecule has 0 spiro atoms. The fraction of sp³-hybridized carbons (Fsp3) is 0.400. The average Bonchev–Trinajstić information content (AvgIpc) is 3.45. The molecule has 2 amide bonds. The lowest BCUT2D eigenvalue weighted by Gasteiger charge is -2.28. The zero-order valence-electron chi connectivity index (χ0n) is 15.0. The number of hydrogen-bond acceptors (Lipinski definition) is 5. The SMILES string of the molecule is O=C(NCc1ccc2c(c1)OCO2)C(=O)NCC1(c2cccs2)CCCC1. The first kappa shape index (κ1) is 17.9. The van der Waals surface area contributed by atoms with E-state index in [-0.39, 0.29) is 18.8 Å². The van der Waals surface area contributed by atoms with Crippen LogP contribution in [0.4, 0.5) is 0 Å². The van der Waals surface area contributed by atoms with Crippen LogP contribution in [0.25, 0.3) is 0 Å². The molecule has 1 aromatic heterocycles. The van der Waals surface area contributed by atoms with Gasteiger partial charge in [0.15, 0.2) is 11.5 Å². The Morgan fingerprint density at radius 1 is 1.04 bits per heavy atom. The van der Waals surface area contributed by atoms with E-state index in [1.807, 2.05) is 18.2 Å². The summed E-state index contributed by atoms with van der Waals surface area (Å²) in [6, 6.07) is 9.62. The van der Waals surface area contributed by atoms with E-state index >= 15 is 0 Å². The van der Waals surface area contributed by atoms with Crippen LogP contribution in [0.2, 0.25) is 0 Å². The summed E-state index contributed by atoms with van der Waals surface area (Å²) in [5.74, 6) is 0.147. The molecule has 6 nitrogen and oxygen atoms in total. The number of hydrogen-bond donors (Lipinski definition) is 2. The molecule has 4 rings (SSSR count). The van der Waals surface area contributed by atoms with Crippen LogP contribution in [0.1, 0.15) is 36.1 Å². The third-order valence-corrected chi connectivity index (χ3v) is 6.40. The zero-order valence-corrected chi connectivity index (χ0v) is 15.8. The van der Waals surface area contributed by atoms with Crippen LogP contribution in [0.5, 0.6) is 11.5 Å². The highest BCUT2D eigenvalue weighted by molar-refractivity contribution is 7.10. The summed E-state index contributed by atoms with van der Waals surface area (Å²) in [5, 5.41) is 7.58. The van der Waals surface area contributed by atoms with Crippen LogP contribution >= 0.6 is 11.3 Å². The maximum Gasteiger partial charge on any atom is 0.309 e. The summed E-state index contributed by atoms with van der Waals surface area (Å²) < 4.78 is 10.6. The van der Waals surface area contributed by atoms with Crippen molar-refractivity contribution < 1.29 is 19.1 Å². The van der Waals surface area contributed by atoms with E-state index < -0.39 is 11.8 Å². The summed E-state index contributed by atoms with van der Waals surface area (Å²) >= 11 is 1.72. The number of amides is 2. The first-order valence-electron chi connectivity index (χ1n) is 9.15. The molecule has 27 heavy (non-hydrogen) atoms. The van der Waals surface area contributed by atoms with Crippen molar-refractivity contribution in [3.63, 3.8) is 0 Å². The summed E-state index contributed by atoms with van der Waals surface area (Å²) in [5.41, 5.74) is 0.827. The summed E-state index contributed by atoms with van der Waals surface area (Å²) in [7, 11) is 0. The predicted molar refractivity (Wildman–Crippen MR) is 102 cm³/mol. The molecular weight excluding hydrogens is 364 g/mol. The molecule has 2 aliphatic rings. The lowest BCUT2D eigenvalue weighted by Crippen LogP contribution is -2.45. The Morgan fingerprint density at radius 3 is 2.59 bits per heavy atom. The Morgan fingerprint density at radius 2 is 1.81 bits per heavy atom. The third kappa shape index (κ3) is 3.78. The minimum absolute atomic E-state index is 0.0264. The number of rotatable bonds is 5. The van der Waals surface area contributed by atoms with E-state index in [9.17, 15) is 9.59 Å². The van der Waals surface area contributed by atoms with Gasteiger partial charge in [0.05, 0.1) is 0 Å². The number of nitrogens with one attached hydrogen (secondary N) is 2. The van der Waals surface area contributed by atoms with Crippen LogP contribution < -0.4 is 20.1 Å². The zero-order chi connectivity index (χ0) is 18.7. The van der Waals surface area contributed by atoms with E-state index in [0.717, 1.165) is 31.2 Å². The highest BCUT2D eigenvalue weighted by Gasteiger charge is 2.37. The summed E-state index contributed by atoms with van der Waals surface area (Å²) in [4.78, 5) is 25.7. The van der Waals surface area contributed by atoms with E-state index in [1.165, 1.54) is 4.88 Å². The van der Waals surface area contributed by atoms with Crippen LogP contribution in [0.3, 0.4) is 0 Å². The molecule has 1 aliphatic carbocycles. The molecule has 2 aromatic rings. The van der Waals surface area contributed by atoms with E-state index in [1.54, 1.807) is 17.4 Å². The molecule has 1 aliphatic heterocycles. The Kier molecular flexibility index (Phi) is 5.03. The number of fused-ring (bicyclic) bond motifs is 1. The Labute approximate surface area is 161 Å². The second-order valence-electron chi connectivity index (χ2n) is 7.02. The van der Waals surface area contributed by atoms with Gasteiger partial charge in [-0.15, -0.1) is 11.3 Å². The molecule has 0 atom stereocenters. The quantitative estimate of drug-likeness (QED) is 0.775. The van der Waals surface area contributed by atoms with Crippen molar-refractivity contribution in [1.82, 2.24) is 10.6 Å². The Bertz CT molecular complexity index is 829. The van der Waals surface area contributed by atoms with Gasteiger partial charge in [-0.3, -0.25) is 9.59 Å². The molecule has 142 valence electrons. The molecule has 7 heteroatoms. The van der Waals surface area contributed by atoms with Gasteiger partial charge >= 0.3 is 11.8 Å². The molecule has 2 N–H and O–H groups in total. The lowest BCUT2D eigenvalue weighted by molar-refractivity contribution is -0.139. The van der Waals surface area contributed by atoms with E-state index in [4.69, 9.17) is 9.47 Å². The molecule has 1 saturated carbocycles. The number of carbonyl (C=O) groups excluding carboxylic acids is 2. The smallest absolute Gasteiger partial charge is 0.309 e. The number of thiophene rings is 1. The van der Waals surface area contributed by atoms with Crippen LogP contribution in [0.15, 0.2) is 35.7 Å². The minimum Gasteiger partial charge on any atom is -0.454 e. The second kappa shape index (κ2) is 7.60. The van der Waals surface area contributed by atoms with Crippen LogP contribution in [0, 0.1) is 0 Å². The topological polar surface area (TPSA) is 76.7 Å². The Hall–Kier alpha value is -2.54. The molecule has 2 heterocycles. The first-order chi connectivity index (χ1) is 13.2. The van der Waals surface area contributed by atoms with Gasteiger partial charge in [0.1, 0.15) is 0 Å². The van der Waals surface area contributed by atoms with Gasteiger partial charge in [-0.05, 0) is 42.0 Å². The fourth-order valence-corrected chi connectivity index (χ4v) is 4.77. The van der Waals surface area contributed by atoms with Gasteiger partial charge in [0.25, 0.3) is 0 Å². The van der Waals surface area contributed by atoms with Gasteiger partial charge in [-0.25, -0.2) is 0 Å². The molecule has 1 aromatic carbocycles. The van der Waals surface area contributed by atoms with Crippen molar-refractivity contribution in [3.05, 3.63) is 46.2 Å². The largest absolute Gasteiger partial charge is 0.454 e. The highest BCUT2D eigenvalue weighted by Crippen LogP contribution is 2.42. The summed E-state index contributed by atoms with van der Waals surface area (Å²) in [6.45, 7) is 0.974. The monoisotopic (exact) mass is 386 g/mol. The van der Waals surface area contributed by atoms with Crippen molar-refractivity contribution in [2.75, 3.05) is 13.3 Å². The van der Waals surface area contributed by atoms with Gasteiger partial charge in [0.2, 0.25) is 6.79 Å². The molecule has 1 fully saturated rings. The number of benzene rings is 1. The van der Waals surface area contributed by atoms with Crippen LogP contribution in [-0.2, 0) is 21.5 Å². The minimum atomic E-state index is -0.619. The molecule has 0 saturated heterocycles. The number of carbonyl (C=O) groups is 2. The van der Waals surface area contributed by atoms with Gasteiger partial charge < -0.3 is 20.1 Å². The third-order valence-electron chi connectivity index (χ3n) is 5.29. The number of ether oxygens (including phenoxy) is 2. The first-order valence-corrected chi connectivity index (χ1v) is 10.0. The maximum atomic E-state index is 12.3. The molecule has 0 bridgehead atoms. The lowest BCUT2D eigenvalue weighted by atomic mass is 9.84. The van der Waals surface area contributed by atoms with Gasteiger partial charge in [-0.1, -0.05) is 25.0 Å². The van der Waals surface area contributed by atoms with Crippen molar-refractivity contribution >= 4 is 23.2 Å². The Balaban J connectivity index is 1.31. The molecule has 0 radical (unpaired) electrons.